The van der Waals surface area contributed by atoms with E-state index >= 15 is 0 Å². The van der Waals surface area contributed by atoms with Crippen LogP contribution in [0.1, 0.15) is 11.1 Å². The quantitative estimate of drug-likeness (QED) is 0.491. The summed E-state index contributed by atoms with van der Waals surface area (Å²) in [6, 6.07) is 18.0. The van der Waals surface area contributed by atoms with E-state index in [0.29, 0.717) is 12.4 Å². The van der Waals surface area contributed by atoms with E-state index in [1.807, 2.05) is 68.8 Å². The van der Waals surface area contributed by atoms with Gasteiger partial charge in [-0.15, -0.1) is 0 Å². The summed E-state index contributed by atoms with van der Waals surface area (Å²) in [5.41, 5.74) is 4.15. The van der Waals surface area contributed by atoms with Crippen LogP contribution in [0.3, 0.4) is 0 Å². The number of methoxy groups -OCH3 is 1. The van der Waals surface area contributed by atoms with E-state index in [1.165, 1.54) is 5.56 Å². The fourth-order valence-corrected chi connectivity index (χ4v) is 2.73. The van der Waals surface area contributed by atoms with Crippen LogP contribution in [0.5, 0.6) is 11.5 Å². The lowest BCUT2D eigenvalue weighted by molar-refractivity contribution is 0.415. The van der Waals surface area contributed by atoms with E-state index < -0.39 is 0 Å². The molecule has 2 aromatic carbocycles. The lowest BCUT2D eigenvalue weighted by atomic mass is 10.1. The van der Waals surface area contributed by atoms with Gasteiger partial charge in [0.05, 0.1) is 19.2 Å². The highest BCUT2D eigenvalue weighted by Gasteiger charge is 2.11. The number of likely N-dealkylation sites (N-methyl/N-ethyl adjacent to an activating group) is 1. The Morgan fingerprint density at radius 3 is 2.54 bits per heavy atom. The molecule has 1 heterocycles. The summed E-state index contributed by atoms with van der Waals surface area (Å²) in [7, 11) is 5.74. The summed E-state index contributed by atoms with van der Waals surface area (Å²) in [5, 5.41) is 0. The molecule has 0 fully saturated rings. The van der Waals surface area contributed by atoms with Gasteiger partial charge in [-0.2, -0.15) is 0 Å². The van der Waals surface area contributed by atoms with Crippen LogP contribution in [-0.4, -0.2) is 50.1 Å². The van der Waals surface area contributed by atoms with Crippen molar-refractivity contribution in [3.05, 3.63) is 71.9 Å². The molecule has 1 N–H and O–H groups in total. The van der Waals surface area contributed by atoms with Crippen molar-refractivity contribution in [3.63, 3.8) is 0 Å². The fourth-order valence-electron chi connectivity index (χ4n) is 2.73. The predicted molar refractivity (Wildman–Crippen MR) is 115 cm³/mol. The lowest BCUT2D eigenvalue weighted by Crippen LogP contribution is -2.18. The molecule has 146 valence electrons. The van der Waals surface area contributed by atoms with Crippen molar-refractivity contribution in [2.75, 3.05) is 34.3 Å². The molecule has 0 aliphatic rings. The first-order valence-electron chi connectivity index (χ1n) is 9.32. The molecule has 3 rings (SSSR count). The smallest absolute Gasteiger partial charge is 0.223 e. The summed E-state index contributed by atoms with van der Waals surface area (Å²) in [5.74, 6) is 2.21. The van der Waals surface area contributed by atoms with Crippen molar-refractivity contribution in [2.24, 2.45) is 4.99 Å². The Kier molecular flexibility index (Phi) is 6.50. The van der Waals surface area contributed by atoms with Crippen LogP contribution in [-0.2, 0) is 0 Å². The number of aromatic nitrogens is 1. The molecule has 0 spiro atoms. The molecule has 0 bridgehead atoms. The minimum absolute atomic E-state index is 0.607. The molecule has 0 radical (unpaired) electrons. The van der Waals surface area contributed by atoms with Crippen LogP contribution >= 0.6 is 0 Å². The highest BCUT2D eigenvalue weighted by molar-refractivity contribution is 5.96. The molecule has 0 unspecified atom stereocenters. The lowest BCUT2D eigenvalue weighted by Gasteiger charge is -2.10. The number of H-pyrrole nitrogens is 1. The molecule has 0 saturated heterocycles. The van der Waals surface area contributed by atoms with Crippen LogP contribution in [0.2, 0.25) is 0 Å². The van der Waals surface area contributed by atoms with E-state index in [9.17, 15) is 0 Å². The first kappa shape index (κ1) is 19.7. The number of nitrogens with zero attached hydrogens (tertiary/aromatic N) is 2. The molecule has 5 heteroatoms. The van der Waals surface area contributed by atoms with Crippen LogP contribution < -0.4 is 9.47 Å². The molecule has 1 aromatic heterocycles. The van der Waals surface area contributed by atoms with Crippen molar-refractivity contribution >= 4 is 5.90 Å². The van der Waals surface area contributed by atoms with E-state index in [4.69, 9.17) is 14.5 Å². The highest BCUT2D eigenvalue weighted by atomic mass is 16.5. The van der Waals surface area contributed by atoms with Crippen molar-refractivity contribution in [2.45, 2.75) is 6.92 Å². The van der Waals surface area contributed by atoms with Gasteiger partial charge in [-0.05, 0) is 51.4 Å². The number of rotatable bonds is 7. The summed E-state index contributed by atoms with van der Waals surface area (Å²) >= 11 is 0. The third-order valence-corrected chi connectivity index (χ3v) is 4.35. The fraction of sp³-hybridized carbons (Fsp3) is 0.261. The van der Waals surface area contributed by atoms with Gasteiger partial charge in [-0.3, -0.25) is 0 Å². The summed E-state index contributed by atoms with van der Waals surface area (Å²) in [4.78, 5) is 10.1. The number of benzene rings is 2. The SMILES string of the molecule is COc1cccc(-c2cc(C(=NCCN(C)C)Oc3ccc(C)cc3)c[nH]2)c1. The minimum atomic E-state index is 0.607. The number of hydrogen-bond donors (Lipinski definition) is 1. The number of aliphatic imine (C=N–C) groups is 1. The Morgan fingerprint density at radius 1 is 1.04 bits per heavy atom. The average Bonchev–Trinajstić information content (AvgIpc) is 3.19. The van der Waals surface area contributed by atoms with Gasteiger partial charge in [0.2, 0.25) is 5.90 Å². The van der Waals surface area contributed by atoms with Gasteiger partial charge in [-0.25, -0.2) is 4.99 Å². The van der Waals surface area contributed by atoms with Gasteiger partial charge in [0.15, 0.2) is 0 Å². The van der Waals surface area contributed by atoms with Gasteiger partial charge in [0.1, 0.15) is 11.5 Å². The van der Waals surface area contributed by atoms with Gasteiger partial charge in [0, 0.05) is 24.0 Å². The predicted octanol–water partition coefficient (Wildman–Crippen LogP) is 4.39. The second-order valence-electron chi connectivity index (χ2n) is 6.94. The third-order valence-electron chi connectivity index (χ3n) is 4.35. The molecule has 0 aliphatic heterocycles. The molecule has 0 saturated carbocycles. The Hall–Kier alpha value is -3.05. The Labute approximate surface area is 166 Å². The molecular weight excluding hydrogens is 350 g/mol. The van der Waals surface area contributed by atoms with Crippen LogP contribution in [0.25, 0.3) is 11.3 Å². The zero-order valence-corrected chi connectivity index (χ0v) is 16.9. The largest absolute Gasteiger partial charge is 0.497 e. The maximum absolute atomic E-state index is 6.12. The molecule has 0 atom stereocenters. The summed E-state index contributed by atoms with van der Waals surface area (Å²) in [6.07, 6.45) is 1.93. The Balaban J connectivity index is 1.87. The Morgan fingerprint density at radius 2 is 1.82 bits per heavy atom. The van der Waals surface area contributed by atoms with Gasteiger partial charge >= 0.3 is 0 Å². The topological polar surface area (TPSA) is 49.9 Å². The van der Waals surface area contributed by atoms with E-state index in [0.717, 1.165) is 34.9 Å². The van der Waals surface area contributed by atoms with Crippen LogP contribution in [0.15, 0.2) is 65.8 Å². The molecule has 5 nitrogen and oxygen atoms in total. The van der Waals surface area contributed by atoms with Crippen molar-refractivity contribution in [3.8, 4) is 22.8 Å². The second-order valence-corrected chi connectivity index (χ2v) is 6.94. The monoisotopic (exact) mass is 377 g/mol. The van der Waals surface area contributed by atoms with Gasteiger partial charge in [-0.1, -0.05) is 29.8 Å². The number of aryl methyl sites for hydroxylation is 1. The van der Waals surface area contributed by atoms with Crippen LogP contribution in [0, 0.1) is 6.92 Å². The first-order chi connectivity index (χ1) is 13.5. The second kappa shape index (κ2) is 9.24. The van der Waals surface area contributed by atoms with Crippen LogP contribution in [0.4, 0.5) is 0 Å². The molecule has 28 heavy (non-hydrogen) atoms. The normalized spacial score (nSPS) is 11.7. The van der Waals surface area contributed by atoms with E-state index in [1.54, 1.807) is 7.11 Å². The molecule has 0 aliphatic carbocycles. The zero-order chi connectivity index (χ0) is 19.9. The number of hydrogen-bond acceptors (Lipinski definition) is 4. The molecule has 0 amide bonds. The maximum atomic E-state index is 6.12. The number of ether oxygens (including phenoxy) is 2. The van der Waals surface area contributed by atoms with Crippen molar-refractivity contribution in [1.82, 2.24) is 9.88 Å². The highest BCUT2D eigenvalue weighted by Crippen LogP contribution is 2.24. The third kappa shape index (κ3) is 5.24. The van der Waals surface area contributed by atoms with E-state index in [2.05, 4.69) is 22.9 Å². The van der Waals surface area contributed by atoms with Crippen molar-refractivity contribution in [1.29, 1.82) is 0 Å². The number of aromatic amines is 1. The number of nitrogens with one attached hydrogen (secondary N) is 1. The standard InChI is InChI=1S/C23H27N3O2/c1-17-8-10-20(11-9-17)28-23(24-12-13-26(2)3)19-15-22(25-16-19)18-6-5-7-21(14-18)27-4/h5-11,14-16,25H,12-13H2,1-4H3. The minimum Gasteiger partial charge on any atom is -0.497 e. The summed E-state index contributed by atoms with van der Waals surface area (Å²) < 4.78 is 11.4. The van der Waals surface area contributed by atoms with Gasteiger partial charge in [0.25, 0.3) is 0 Å². The van der Waals surface area contributed by atoms with Crippen molar-refractivity contribution < 1.29 is 9.47 Å². The zero-order valence-electron chi connectivity index (χ0n) is 16.9. The molecule has 3 aromatic rings. The Bertz CT molecular complexity index is 927. The van der Waals surface area contributed by atoms with E-state index in [-0.39, 0.29) is 0 Å². The maximum Gasteiger partial charge on any atom is 0.223 e. The summed E-state index contributed by atoms with van der Waals surface area (Å²) in [6.45, 7) is 3.57. The molecular formula is C23H27N3O2. The first-order valence-corrected chi connectivity index (χ1v) is 9.32. The van der Waals surface area contributed by atoms with Gasteiger partial charge < -0.3 is 19.4 Å². The average molecular weight is 377 g/mol.